The summed E-state index contributed by atoms with van der Waals surface area (Å²) in [5.41, 5.74) is -4.72. The van der Waals surface area contributed by atoms with Crippen LogP contribution in [0, 0.1) is 5.41 Å². The summed E-state index contributed by atoms with van der Waals surface area (Å²) in [6.07, 6.45) is -5.45. The third-order valence-electron chi connectivity index (χ3n) is 6.24. The van der Waals surface area contributed by atoms with Gasteiger partial charge in [0.25, 0.3) is 11.8 Å². The highest BCUT2D eigenvalue weighted by Crippen LogP contribution is 2.52. The van der Waals surface area contributed by atoms with Crippen molar-refractivity contribution in [2.75, 3.05) is 0 Å². The zero-order chi connectivity index (χ0) is 25.8. The summed E-state index contributed by atoms with van der Waals surface area (Å²) in [6, 6.07) is 11.6. The Balaban J connectivity index is 1.88. The van der Waals surface area contributed by atoms with Crippen LogP contribution < -0.4 is 5.32 Å². The van der Waals surface area contributed by atoms with Crippen LogP contribution in [0.15, 0.2) is 59.8 Å². The van der Waals surface area contributed by atoms with Gasteiger partial charge in [-0.1, -0.05) is 55.2 Å². The summed E-state index contributed by atoms with van der Waals surface area (Å²) in [5.74, 6) is -3.43. The predicted molar refractivity (Wildman–Crippen MR) is 125 cm³/mol. The lowest BCUT2D eigenvalue weighted by molar-refractivity contribution is -0.190. The summed E-state index contributed by atoms with van der Waals surface area (Å²) in [5, 5.41) is 2.44. The Bertz CT molecular complexity index is 1260. The maximum Gasteiger partial charge on any atom is 0.425 e. The molecule has 10 heteroatoms. The molecule has 5 nitrogen and oxygen atoms in total. The average Bonchev–Trinajstić information content (AvgIpc) is 2.98. The van der Waals surface area contributed by atoms with E-state index in [0.717, 1.165) is 4.90 Å². The van der Waals surface area contributed by atoms with Gasteiger partial charge in [-0.15, -0.1) is 0 Å². The van der Waals surface area contributed by atoms with Crippen LogP contribution in [-0.4, -0.2) is 34.2 Å². The molecule has 0 bridgehead atoms. The zero-order valence-electron chi connectivity index (χ0n) is 18.8. The fourth-order valence-corrected chi connectivity index (χ4v) is 4.96. The molecule has 2 aliphatic rings. The van der Waals surface area contributed by atoms with Gasteiger partial charge in [-0.25, -0.2) is 0 Å². The summed E-state index contributed by atoms with van der Waals surface area (Å²) in [4.78, 5) is 40.8. The molecule has 2 amide bonds. The molecule has 1 N–H and O–H groups in total. The number of nitrogens with one attached hydrogen (secondary N) is 1. The Kier molecular flexibility index (Phi) is 6.26. The first kappa shape index (κ1) is 25.3. The van der Waals surface area contributed by atoms with Gasteiger partial charge in [-0.2, -0.15) is 13.2 Å². The average molecular weight is 525 g/mol. The molecule has 0 saturated carbocycles. The van der Waals surface area contributed by atoms with Crippen LogP contribution in [-0.2, 0) is 16.1 Å². The Morgan fingerprint density at radius 3 is 2.26 bits per heavy atom. The fourth-order valence-electron chi connectivity index (χ4n) is 4.63. The van der Waals surface area contributed by atoms with E-state index >= 15 is 0 Å². The van der Waals surface area contributed by atoms with Gasteiger partial charge in [0, 0.05) is 27.7 Å². The van der Waals surface area contributed by atoms with Crippen LogP contribution >= 0.6 is 23.2 Å². The fraction of sp³-hybridized carbons (Fsp3) is 0.320. The van der Waals surface area contributed by atoms with E-state index in [-0.39, 0.29) is 40.7 Å². The second kappa shape index (κ2) is 8.68. The molecule has 2 aromatic carbocycles. The number of allylic oxidation sites excluding steroid dienone is 1. The SMILES string of the molecule is CC1(C)CC(=O)C2=C(C1)N(Cc1ccccc1Cl)C(=O)C2(NC(=O)c1ccc(Cl)cc1)C(F)(F)F. The highest BCUT2D eigenvalue weighted by molar-refractivity contribution is 6.31. The number of rotatable bonds is 4. The molecule has 1 aliphatic carbocycles. The zero-order valence-corrected chi connectivity index (χ0v) is 20.3. The van der Waals surface area contributed by atoms with Crippen molar-refractivity contribution in [2.45, 2.75) is 44.9 Å². The monoisotopic (exact) mass is 524 g/mol. The molecule has 1 aliphatic heterocycles. The first-order valence-electron chi connectivity index (χ1n) is 10.7. The second-order valence-corrected chi connectivity index (χ2v) is 10.3. The van der Waals surface area contributed by atoms with Gasteiger partial charge in [-0.3, -0.25) is 14.4 Å². The molecule has 1 unspecified atom stereocenters. The third-order valence-corrected chi connectivity index (χ3v) is 6.86. The molecular weight excluding hydrogens is 504 g/mol. The number of Topliss-reactive ketones (excluding diaryl/α,β-unsaturated/α-hetero) is 1. The number of hydrogen-bond acceptors (Lipinski definition) is 3. The number of hydrogen-bond donors (Lipinski definition) is 1. The molecule has 2 aromatic rings. The minimum absolute atomic E-state index is 0.0406. The quantitative estimate of drug-likeness (QED) is 0.556. The third kappa shape index (κ3) is 4.34. The molecule has 0 saturated heterocycles. The van der Waals surface area contributed by atoms with Crippen molar-refractivity contribution in [1.82, 2.24) is 10.2 Å². The van der Waals surface area contributed by atoms with Crippen molar-refractivity contribution in [3.63, 3.8) is 0 Å². The highest BCUT2D eigenvalue weighted by atomic mass is 35.5. The standard InChI is InChI=1S/C25H21Cl2F3N2O3/c1-23(2)11-18-20(19(33)12-23)24(25(28,29)30,31-21(34)14-7-9-16(26)10-8-14)22(35)32(18)13-15-5-3-4-6-17(15)27/h3-10H,11-13H2,1-2H3,(H,31,34). The molecular formula is C25H21Cl2F3N2O3. The van der Waals surface area contributed by atoms with Crippen LogP contribution in [0.2, 0.25) is 10.0 Å². The number of carbonyl (C=O) groups is 3. The number of amides is 2. The summed E-state index contributed by atoms with van der Waals surface area (Å²) in [7, 11) is 0. The smallest absolute Gasteiger partial charge is 0.326 e. The van der Waals surface area contributed by atoms with Crippen molar-refractivity contribution in [3.8, 4) is 0 Å². The van der Waals surface area contributed by atoms with Crippen LogP contribution in [0.5, 0.6) is 0 Å². The lowest BCUT2D eigenvalue weighted by Crippen LogP contribution is -2.66. The van der Waals surface area contributed by atoms with Crippen molar-refractivity contribution >= 4 is 40.8 Å². The first-order chi connectivity index (χ1) is 16.3. The summed E-state index contributed by atoms with van der Waals surface area (Å²) < 4.78 is 44.5. The number of benzene rings is 2. The molecule has 0 fully saturated rings. The van der Waals surface area contributed by atoms with Crippen LogP contribution in [0.25, 0.3) is 0 Å². The molecule has 0 spiro atoms. The van der Waals surface area contributed by atoms with E-state index in [2.05, 4.69) is 0 Å². The first-order valence-corrected chi connectivity index (χ1v) is 11.5. The number of nitrogens with zero attached hydrogens (tertiary/aromatic N) is 1. The molecule has 1 heterocycles. The minimum atomic E-state index is -5.29. The Hall–Kier alpha value is -2.84. The Morgan fingerprint density at radius 2 is 1.66 bits per heavy atom. The largest absolute Gasteiger partial charge is 0.425 e. The van der Waals surface area contributed by atoms with Crippen molar-refractivity contribution in [3.05, 3.63) is 81.0 Å². The molecule has 184 valence electrons. The number of alkyl halides is 3. The molecule has 1 atom stereocenters. The van der Waals surface area contributed by atoms with E-state index in [1.54, 1.807) is 38.1 Å². The molecule has 35 heavy (non-hydrogen) atoms. The maximum atomic E-state index is 14.8. The van der Waals surface area contributed by atoms with Gasteiger partial charge < -0.3 is 10.2 Å². The molecule has 0 aromatic heterocycles. The van der Waals surface area contributed by atoms with E-state index in [0.29, 0.717) is 5.56 Å². The number of halogens is 5. The Morgan fingerprint density at radius 1 is 1.03 bits per heavy atom. The predicted octanol–water partition coefficient (Wildman–Crippen LogP) is 5.71. The Labute approximate surface area is 209 Å². The van der Waals surface area contributed by atoms with E-state index in [1.807, 2.05) is 5.32 Å². The lowest BCUT2D eigenvalue weighted by Gasteiger charge is -2.35. The molecule has 4 rings (SSSR count). The number of ketones is 1. The van der Waals surface area contributed by atoms with Gasteiger partial charge >= 0.3 is 6.18 Å². The highest BCUT2D eigenvalue weighted by Gasteiger charge is 2.71. The van der Waals surface area contributed by atoms with Crippen LogP contribution in [0.1, 0.15) is 42.6 Å². The topological polar surface area (TPSA) is 66.5 Å². The van der Waals surface area contributed by atoms with Crippen LogP contribution in [0.3, 0.4) is 0 Å². The number of carbonyl (C=O) groups excluding carboxylic acids is 3. The van der Waals surface area contributed by atoms with Gasteiger partial charge in [0.05, 0.1) is 12.1 Å². The van der Waals surface area contributed by atoms with E-state index in [9.17, 15) is 27.6 Å². The second-order valence-electron chi connectivity index (χ2n) is 9.45. The van der Waals surface area contributed by atoms with Gasteiger partial charge in [0.1, 0.15) is 0 Å². The van der Waals surface area contributed by atoms with E-state index < -0.39 is 40.3 Å². The van der Waals surface area contributed by atoms with Crippen molar-refractivity contribution in [2.24, 2.45) is 5.41 Å². The summed E-state index contributed by atoms with van der Waals surface area (Å²) in [6.45, 7) is 3.20. The van der Waals surface area contributed by atoms with Gasteiger partial charge in [0.15, 0.2) is 5.78 Å². The molecule has 0 radical (unpaired) electrons. The van der Waals surface area contributed by atoms with Gasteiger partial charge in [-0.05, 0) is 47.7 Å². The maximum absolute atomic E-state index is 14.8. The normalized spacial score (nSPS) is 21.9. The van der Waals surface area contributed by atoms with E-state index in [1.165, 1.54) is 24.3 Å². The van der Waals surface area contributed by atoms with E-state index in [4.69, 9.17) is 23.2 Å². The van der Waals surface area contributed by atoms with Gasteiger partial charge in [0.2, 0.25) is 5.54 Å². The lowest BCUT2D eigenvalue weighted by atomic mass is 9.72. The minimum Gasteiger partial charge on any atom is -0.326 e. The van der Waals surface area contributed by atoms with Crippen molar-refractivity contribution < 1.29 is 27.6 Å². The van der Waals surface area contributed by atoms with Crippen molar-refractivity contribution in [1.29, 1.82) is 0 Å². The summed E-state index contributed by atoms with van der Waals surface area (Å²) >= 11 is 12.0. The van der Waals surface area contributed by atoms with Crippen LogP contribution in [0.4, 0.5) is 13.2 Å².